The fourth-order valence-electron chi connectivity index (χ4n) is 2.89. The Morgan fingerprint density at radius 1 is 1.12 bits per heavy atom. The van der Waals surface area contributed by atoms with Gasteiger partial charge in [-0.1, -0.05) is 49.0 Å². The van der Waals surface area contributed by atoms with Gasteiger partial charge in [0.15, 0.2) is 0 Å². The lowest BCUT2D eigenvalue weighted by atomic mass is 10.1. The predicted molar refractivity (Wildman–Crippen MR) is 111 cm³/mol. The van der Waals surface area contributed by atoms with Crippen molar-refractivity contribution in [3.63, 3.8) is 0 Å². The normalized spacial score (nSPS) is 12.2. The van der Waals surface area contributed by atoms with Gasteiger partial charge in [-0.25, -0.2) is 4.98 Å². The molecule has 1 atom stereocenters. The molecule has 0 saturated carbocycles. The first kappa shape index (κ1) is 18.5. The van der Waals surface area contributed by atoms with Gasteiger partial charge in [-0.2, -0.15) is 0 Å². The van der Waals surface area contributed by atoms with E-state index in [1.165, 1.54) is 28.3 Å². The van der Waals surface area contributed by atoms with E-state index in [-0.39, 0.29) is 11.2 Å². The molecule has 0 unspecified atom stereocenters. The summed E-state index contributed by atoms with van der Waals surface area (Å²) < 4.78 is 0. The Morgan fingerprint density at radius 2 is 1.85 bits per heavy atom. The molecule has 1 aromatic heterocycles. The third-order valence-electron chi connectivity index (χ3n) is 4.52. The van der Waals surface area contributed by atoms with Crippen molar-refractivity contribution in [3.05, 3.63) is 65.2 Å². The van der Waals surface area contributed by atoms with E-state index in [1.807, 2.05) is 31.2 Å². The van der Waals surface area contributed by atoms with Crippen LogP contribution in [0, 0.1) is 13.8 Å². The van der Waals surface area contributed by atoms with Crippen molar-refractivity contribution in [2.24, 2.45) is 0 Å². The van der Waals surface area contributed by atoms with Crippen LogP contribution in [0.25, 0.3) is 10.9 Å². The number of rotatable bonds is 5. The summed E-state index contributed by atoms with van der Waals surface area (Å²) in [5.74, 6) is -0.0106. The second kappa shape index (κ2) is 7.92. The molecule has 134 valence electrons. The molecule has 3 aromatic rings. The topological polar surface area (TPSA) is 42.0 Å². The monoisotopic (exact) mass is 364 g/mol. The van der Waals surface area contributed by atoms with E-state index < -0.39 is 0 Å². The Morgan fingerprint density at radius 3 is 2.54 bits per heavy atom. The van der Waals surface area contributed by atoms with Crippen molar-refractivity contribution < 1.29 is 4.79 Å². The zero-order valence-electron chi connectivity index (χ0n) is 15.7. The van der Waals surface area contributed by atoms with E-state index in [4.69, 9.17) is 4.98 Å². The number of amides is 1. The van der Waals surface area contributed by atoms with E-state index in [1.54, 1.807) is 0 Å². The number of carbonyl (C=O) groups excluding carboxylic acids is 1. The Bertz CT molecular complexity index is 935. The molecule has 0 aliphatic rings. The summed E-state index contributed by atoms with van der Waals surface area (Å²) in [5, 5.41) is 4.81. The van der Waals surface area contributed by atoms with Crippen LogP contribution in [0.15, 0.2) is 53.6 Å². The van der Waals surface area contributed by atoms with Crippen molar-refractivity contribution >= 4 is 34.3 Å². The molecule has 0 fully saturated rings. The van der Waals surface area contributed by atoms with Crippen molar-refractivity contribution in [1.29, 1.82) is 0 Å². The number of nitrogens with one attached hydrogen (secondary N) is 1. The van der Waals surface area contributed by atoms with Crippen molar-refractivity contribution in [2.45, 2.75) is 44.4 Å². The molecule has 0 radical (unpaired) electrons. The number of hydrogen-bond acceptors (Lipinski definition) is 3. The Labute approximate surface area is 159 Å². The molecule has 2 aromatic carbocycles. The average Bonchev–Trinajstić information content (AvgIpc) is 2.63. The van der Waals surface area contributed by atoms with E-state index in [0.717, 1.165) is 28.2 Å². The van der Waals surface area contributed by atoms with Gasteiger partial charge in [0.05, 0.1) is 15.8 Å². The third kappa shape index (κ3) is 4.07. The van der Waals surface area contributed by atoms with E-state index >= 15 is 0 Å². The fourth-order valence-corrected chi connectivity index (χ4v) is 3.81. The van der Waals surface area contributed by atoms with Gasteiger partial charge >= 0.3 is 0 Å². The molecule has 1 heterocycles. The summed E-state index contributed by atoms with van der Waals surface area (Å²) in [4.78, 5) is 17.3. The van der Waals surface area contributed by atoms with Gasteiger partial charge < -0.3 is 5.32 Å². The SMILES string of the molecule is CCc1ccc(NC(=O)[C@H](C)Sc2cc(C)c3cccc(C)c3n2)cc1. The number of benzene rings is 2. The fraction of sp³-hybridized carbons (Fsp3) is 0.273. The molecular weight excluding hydrogens is 340 g/mol. The highest BCUT2D eigenvalue weighted by Crippen LogP contribution is 2.28. The first-order chi connectivity index (χ1) is 12.5. The number of aryl methyl sites for hydroxylation is 3. The first-order valence-electron chi connectivity index (χ1n) is 8.91. The lowest BCUT2D eigenvalue weighted by Gasteiger charge is -2.13. The molecule has 1 N–H and O–H groups in total. The van der Waals surface area contributed by atoms with Crippen molar-refractivity contribution in [2.75, 3.05) is 5.32 Å². The van der Waals surface area contributed by atoms with E-state index in [0.29, 0.717) is 0 Å². The molecule has 0 spiro atoms. The van der Waals surface area contributed by atoms with Crippen LogP contribution in [-0.4, -0.2) is 16.1 Å². The molecule has 3 rings (SSSR count). The number of aromatic nitrogens is 1. The molecule has 26 heavy (non-hydrogen) atoms. The third-order valence-corrected chi connectivity index (χ3v) is 5.54. The number of nitrogens with zero attached hydrogens (tertiary/aromatic N) is 1. The summed E-state index contributed by atoms with van der Waals surface area (Å²) in [6.07, 6.45) is 0.993. The molecule has 1 amide bonds. The summed E-state index contributed by atoms with van der Waals surface area (Å²) in [5.41, 5.74) is 5.44. The quantitative estimate of drug-likeness (QED) is 0.605. The average molecular weight is 365 g/mol. The van der Waals surface area contributed by atoms with Crippen molar-refractivity contribution in [3.8, 4) is 0 Å². The number of carbonyl (C=O) groups is 1. The summed E-state index contributed by atoms with van der Waals surface area (Å²) in [7, 11) is 0. The lowest BCUT2D eigenvalue weighted by molar-refractivity contribution is -0.115. The number of anilines is 1. The van der Waals surface area contributed by atoms with Gasteiger partial charge in [0.2, 0.25) is 5.91 Å². The predicted octanol–water partition coefficient (Wildman–Crippen LogP) is 5.53. The van der Waals surface area contributed by atoms with Crippen LogP contribution < -0.4 is 5.32 Å². The van der Waals surface area contributed by atoms with E-state index in [2.05, 4.69) is 50.4 Å². The van der Waals surface area contributed by atoms with E-state index in [9.17, 15) is 4.79 Å². The standard InChI is InChI=1S/C22H24N2OS/c1-5-17-9-11-18(12-10-17)23-22(25)16(4)26-20-13-15(3)19-8-6-7-14(2)21(19)24-20/h6-13,16H,5H2,1-4H3,(H,23,25)/t16-/m0/s1. The number of fused-ring (bicyclic) bond motifs is 1. The number of para-hydroxylation sites is 1. The number of hydrogen-bond donors (Lipinski definition) is 1. The van der Waals surface area contributed by atoms with Crippen LogP contribution in [0.1, 0.15) is 30.5 Å². The minimum absolute atomic E-state index is 0.0106. The first-order valence-corrected chi connectivity index (χ1v) is 9.79. The highest BCUT2D eigenvalue weighted by molar-refractivity contribution is 8.00. The Kier molecular flexibility index (Phi) is 5.62. The maximum atomic E-state index is 12.5. The highest BCUT2D eigenvalue weighted by Gasteiger charge is 2.16. The Hall–Kier alpha value is -2.33. The Balaban J connectivity index is 1.74. The highest BCUT2D eigenvalue weighted by atomic mass is 32.2. The minimum atomic E-state index is -0.228. The lowest BCUT2D eigenvalue weighted by Crippen LogP contribution is -2.22. The van der Waals surface area contributed by atoms with Gasteiger partial charge in [0, 0.05) is 11.1 Å². The maximum Gasteiger partial charge on any atom is 0.237 e. The second-order valence-corrected chi connectivity index (χ2v) is 7.91. The molecule has 0 aliphatic carbocycles. The summed E-state index contributed by atoms with van der Waals surface area (Å²) in [6.45, 7) is 8.19. The zero-order chi connectivity index (χ0) is 18.7. The van der Waals surface area contributed by atoms with Gasteiger partial charge in [-0.3, -0.25) is 4.79 Å². The van der Waals surface area contributed by atoms with Gasteiger partial charge in [0.25, 0.3) is 0 Å². The largest absolute Gasteiger partial charge is 0.325 e. The maximum absolute atomic E-state index is 12.5. The number of pyridine rings is 1. The molecular formula is C22H24N2OS. The number of thioether (sulfide) groups is 1. The van der Waals surface area contributed by atoms with Crippen molar-refractivity contribution in [1.82, 2.24) is 4.98 Å². The molecule has 0 bridgehead atoms. The summed E-state index contributed by atoms with van der Waals surface area (Å²) >= 11 is 1.49. The second-order valence-electron chi connectivity index (χ2n) is 6.55. The minimum Gasteiger partial charge on any atom is -0.325 e. The molecule has 3 nitrogen and oxygen atoms in total. The zero-order valence-corrected chi connectivity index (χ0v) is 16.5. The van der Waals surface area contributed by atoms with Gasteiger partial charge in [0.1, 0.15) is 0 Å². The van der Waals surface area contributed by atoms with Crippen LogP contribution in [0.5, 0.6) is 0 Å². The van der Waals surface area contributed by atoms with Crippen LogP contribution in [-0.2, 0) is 11.2 Å². The van der Waals surface area contributed by atoms with Gasteiger partial charge in [-0.15, -0.1) is 0 Å². The van der Waals surface area contributed by atoms with Crippen LogP contribution in [0.3, 0.4) is 0 Å². The van der Waals surface area contributed by atoms with Crippen LogP contribution >= 0.6 is 11.8 Å². The summed E-state index contributed by atoms with van der Waals surface area (Å²) in [6, 6.07) is 16.3. The molecule has 4 heteroatoms. The molecule has 0 saturated heterocycles. The van der Waals surface area contributed by atoms with Gasteiger partial charge in [-0.05, 0) is 62.1 Å². The van der Waals surface area contributed by atoms with Crippen LogP contribution in [0.2, 0.25) is 0 Å². The smallest absolute Gasteiger partial charge is 0.237 e. The molecule has 0 aliphatic heterocycles. The van der Waals surface area contributed by atoms with Crippen LogP contribution in [0.4, 0.5) is 5.69 Å².